The maximum absolute atomic E-state index is 13.6. The molecule has 2 aromatic carbocycles. The van der Waals surface area contributed by atoms with Crippen LogP contribution in [0.25, 0.3) is 16.4 Å². The van der Waals surface area contributed by atoms with Crippen LogP contribution in [0.3, 0.4) is 0 Å². The lowest BCUT2D eigenvalue weighted by atomic mass is 10.0. The van der Waals surface area contributed by atoms with Crippen molar-refractivity contribution in [3.63, 3.8) is 0 Å². The minimum absolute atomic E-state index is 0.249. The van der Waals surface area contributed by atoms with Gasteiger partial charge in [-0.05, 0) is 60.4 Å². The number of nitrogens with zero attached hydrogens (tertiary/aromatic N) is 6. The first-order chi connectivity index (χ1) is 18.2. The molecular formula is C27H27FN8O. The summed E-state index contributed by atoms with van der Waals surface area (Å²) in [5.41, 5.74) is 4.82. The monoisotopic (exact) mass is 498 g/mol. The lowest BCUT2D eigenvalue weighted by molar-refractivity contribution is -0.110. The van der Waals surface area contributed by atoms with Crippen molar-refractivity contribution >= 4 is 34.3 Å². The molecule has 1 amide bonds. The van der Waals surface area contributed by atoms with Crippen molar-refractivity contribution in [2.45, 2.75) is 32.0 Å². The van der Waals surface area contributed by atoms with Crippen LogP contribution in [0.1, 0.15) is 24.0 Å². The van der Waals surface area contributed by atoms with E-state index >= 15 is 0 Å². The zero-order valence-electron chi connectivity index (χ0n) is 20.2. The summed E-state index contributed by atoms with van der Waals surface area (Å²) in [4.78, 5) is 17.7. The highest BCUT2D eigenvalue weighted by Crippen LogP contribution is 2.27. The van der Waals surface area contributed by atoms with Gasteiger partial charge in [0.15, 0.2) is 5.82 Å². The molecule has 37 heavy (non-hydrogen) atoms. The first-order valence-corrected chi connectivity index (χ1v) is 12.4. The van der Waals surface area contributed by atoms with E-state index in [0.717, 1.165) is 77.9 Å². The van der Waals surface area contributed by atoms with Gasteiger partial charge in [-0.25, -0.2) is 13.9 Å². The summed E-state index contributed by atoms with van der Waals surface area (Å²) in [5.74, 6) is 0.486. The fraction of sp³-hybridized carbons (Fsp3) is 0.259. The third-order valence-corrected chi connectivity index (χ3v) is 6.95. The standard InChI is InChI=1S/C27H27FN8O/c28-22-3-1-2-19(12-22)15-36-25-5-4-24(13-21(25)14-31-36)33-27-26-20(6-11-35(26)32-17-29-27)16-34-9-7-23(8-10-34)30-18-37/h1-6,11-14,17-18,23H,7-10,15-16H2,(H,30,37)(H,29,32,33). The predicted molar refractivity (Wildman–Crippen MR) is 139 cm³/mol. The van der Waals surface area contributed by atoms with E-state index < -0.39 is 0 Å². The minimum Gasteiger partial charge on any atom is -0.356 e. The van der Waals surface area contributed by atoms with E-state index in [4.69, 9.17) is 0 Å². The molecule has 1 saturated heterocycles. The molecule has 0 spiro atoms. The van der Waals surface area contributed by atoms with Gasteiger partial charge < -0.3 is 10.6 Å². The third kappa shape index (κ3) is 4.88. The van der Waals surface area contributed by atoms with Crippen molar-refractivity contribution in [1.82, 2.24) is 34.6 Å². The SMILES string of the molecule is O=CNC1CCN(Cc2ccn3ncnc(Nc4ccc5c(cnn5Cc5cccc(F)c5)c4)c23)CC1. The highest BCUT2D eigenvalue weighted by molar-refractivity contribution is 5.85. The number of amides is 1. The van der Waals surface area contributed by atoms with Gasteiger partial charge >= 0.3 is 0 Å². The molecule has 0 aliphatic carbocycles. The van der Waals surface area contributed by atoms with Crippen LogP contribution in [0.4, 0.5) is 15.9 Å². The highest BCUT2D eigenvalue weighted by Gasteiger charge is 2.20. The Morgan fingerprint density at radius 3 is 2.78 bits per heavy atom. The van der Waals surface area contributed by atoms with Crippen LogP contribution in [0, 0.1) is 5.82 Å². The van der Waals surface area contributed by atoms with Gasteiger partial charge in [0.25, 0.3) is 0 Å². The van der Waals surface area contributed by atoms with Crippen molar-refractivity contribution < 1.29 is 9.18 Å². The zero-order valence-corrected chi connectivity index (χ0v) is 20.2. The van der Waals surface area contributed by atoms with Gasteiger partial charge in [-0.2, -0.15) is 10.2 Å². The molecule has 1 fully saturated rings. The molecule has 1 aliphatic rings. The maximum atomic E-state index is 13.6. The summed E-state index contributed by atoms with van der Waals surface area (Å²) in [5, 5.41) is 16.2. The van der Waals surface area contributed by atoms with Gasteiger partial charge in [0.05, 0.1) is 18.3 Å². The lowest BCUT2D eigenvalue weighted by Gasteiger charge is -2.31. The number of hydrogen-bond acceptors (Lipinski definition) is 6. The lowest BCUT2D eigenvalue weighted by Crippen LogP contribution is -2.41. The number of piperidine rings is 1. The molecule has 0 radical (unpaired) electrons. The van der Waals surface area contributed by atoms with E-state index in [1.165, 1.54) is 12.1 Å². The zero-order chi connectivity index (χ0) is 25.2. The van der Waals surface area contributed by atoms with Crippen LogP contribution in [0.5, 0.6) is 0 Å². The van der Waals surface area contributed by atoms with E-state index in [1.54, 1.807) is 12.4 Å². The molecule has 2 N–H and O–H groups in total. The molecule has 10 heteroatoms. The Morgan fingerprint density at radius 2 is 1.95 bits per heavy atom. The summed E-state index contributed by atoms with van der Waals surface area (Å²) >= 11 is 0. The van der Waals surface area contributed by atoms with E-state index in [-0.39, 0.29) is 11.9 Å². The summed E-state index contributed by atoms with van der Waals surface area (Å²) in [6.45, 7) is 3.14. The van der Waals surface area contributed by atoms with Crippen molar-refractivity contribution in [3.8, 4) is 0 Å². The highest BCUT2D eigenvalue weighted by atomic mass is 19.1. The Labute approximate surface area is 212 Å². The molecular weight excluding hydrogens is 471 g/mol. The fourth-order valence-electron chi connectivity index (χ4n) is 5.07. The maximum Gasteiger partial charge on any atom is 0.207 e. The molecule has 0 saturated carbocycles. The molecule has 4 heterocycles. The van der Waals surface area contributed by atoms with Crippen LogP contribution < -0.4 is 10.6 Å². The number of aromatic nitrogens is 5. The van der Waals surface area contributed by atoms with Crippen LogP contribution in [-0.2, 0) is 17.9 Å². The second-order valence-electron chi connectivity index (χ2n) is 9.41. The predicted octanol–water partition coefficient (Wildman–Crippen LogP) is 3.72. The Hall–Kier alpha value is -4.31. The van der Waals surface area contributed by atoms with Gasteiger partial charge in [0.1, 0.15) is 17.7 Å². The molecule has 9 nitrogen and oxygen atoms in total. The summed E-state index contributed by atoms with van der Waals surface area (Å²) in [6.07, 6.45) is 8.01. The first-order valence-electron chi connectivity index (χ1n) is 12.4. The number of nitrogens with one attached hydrogen (secondary N) is 2. The molecule has 188 valence electrons. The number of fused-ring (bicyclic) bond motifs is 2. The molecule has 5 aromatic rings. The van der Waals surface area contributed by atoms with Crippen molar-refractivity contribution in [3.05, 3.63) is 84.2 Å². The molecule has 3 aromatic heterocycles. The summed E-state index contributed by atoms with van der Waals surface area (Å²) < 4.78 is 17.3. The Morgan fingerprint density at radius 1 is 1.05 bits per heavy atom. The van der Waals surface area contributed by atoms with Crippen LogP contribution >= 0.6 is 0 Å². The van der Waals surface area contributed by atoms with Crippen LogP contribution in [0.2, 0.25) is 0 Å². The summed E-state index contributed by atoms with van der Waals surface area (Å²) in [6, 6.07) is 15.0. The first kappa shape index (κ1) is 23.1. The topological polar surface area (TPSA) is 92.4 Å². The molecule has 0 atom stereocenters. The second-order valence-corrected chi connectivity index (χ2v) is 9.41. The van der Waals surface area contributed by atoms with E-state index in [2.05, 4.69) is 36.8 Å². The largest absolute Gasteiger partial charge is 0.356 e. The average Bonchev–Trinajstić information content (AvgIpc) is 3.50. The number of hydrogen-bond donors (Lipinski definition) is 2. The Kier molecular flexibility index (Phi) is 6.23. The number of carbonyl (C=O) groups excluding carboxylic acids is 1. The molecule has 1 aliphatic heterocycles. The number of benzene rings is 2. The number of carbonyl (C=O) groups is 1. The Bertz CT molecular complexity index is 1550. The van der Waals surface area contributed by atoms with E-state index in [1.807, 2.05) is 45.9 Å². The van der Waals surface area contributed by atoms with Crippen molar-refractivity contribution in [2.24, 2.45) is 0 Å². The molecule has 0 bridgehead atoms. The van der Waals surface area contributed by atoms with Crippen LogP contribution in [0.15, 0.2) is 67.3 Å². The number of anilines is 2. The minimum atomic E-state index is -0.249. The van der Waals surface area contributed by atoms with Gasteiger partial charge in [0, 0.05) is 42.9 Å². The number of likely N-dealkylation sites (tertiary alicyclic amines) is 1. The fourth-order valence-corrected chi connectivity index (χ4v) is 5.07. The number of halogens is 1. The van der Waals surface area contributed by atoms with Gasteiger partial charge in [0.2, 0.25) is 6.41 Å². The van der Waals surface area contributed by atoms with Crippen molar-refractivity contribution in [2.75, 3.05) is 18.4 Å². The molecule has 6 rings (SSSR count). The van der Waals surface area contributed by atoms with Crippen molar-refractivity contribution in [1.29, 1.82) is 0 Å². The van der Waals surface area contributed by atoms with E-state index in [0.29, 0.717) is 6.54 Å². The average molecular weight is 499 g/mol. The smallest absolute Gasteiger partial charge is 0.207 e. The second kappa shape index (κ2) is 9.98. The van der Waals surface area contributed by atoms with Gasteiger partial charge in [-0.15, -0.1) is 0 Å². The third-order valence-electron chi connectivity index (χ3n) is 6.95. The van der Waals surface area contributed by atoms with Gasteiger partial charge in [-0.1, -0.05) is 12.1 Å². The summed E-state index contributed by atoms with van der Waals surface area (Å²) in [7, 11) is 0. The quantitative estimate of drug-likeness (QED) is 0.317. The van der Waals surface area contributed by atoms with Crippen LogP contribution in [-0.4, -0.2) is 54.8 Å². The van der Waals surface area contributed by atoms with E-state index in [9.17, 15) is 9.18 Å². The normalized spacial score (nSPS) is 14.8. The number of rotatable bonds is 8. The molecule has 0 unspecified atom stereocenters. The Balaban J connectivity index is 1.22. The van der Waals surface area contributed by atoms with Gasteiger partial charge in [-0.3, -0.25) is 14.4 Å².